The number of carbonyl (C=O) groups is 11. The number of carbonyl (C=O) groups excluding carboxylic acids is 11. The average Bonchev–Trinajstić information content (AvgIpc) is 0.753. The first-order valence-corrected chi connectivity index (χ1v) is 36.3. The van der Waals surface area contributed by atoms with Crippen LogP contribution in [0.25, 0.3) is 0 Å². The number of rotatable bonds is 21. The number of likely N-dealkylation sites (N-methyl/N-ethyl adjacent to an activating group) is 6. The summed E-state index contributed by atoms with van der Waals surface area (Å²) in [6.45, 7) is 31.6. The van der Waals surface area contributed by atoms with Gasteiger partial charge in [-0.15, -0.1) is 0 Å². The van der Waals surface area contributed by atoms with Gasteiger partial charge in [-0.1, -0.05) is 95.2 Å². The summed E-state index contributed by atoms with van der Waals surface area (Å²) < 4.78 is 25.8. The largest absolute Gasteiger partial charge is 0.379 e. The quantitative estimate of drug-likeness (QED) is 0.122. The fraction of sp³-hybridized carbons (Fsp3) is 0.767. The van der Waals surface area contributed by atoms with Crippen molar-refractivity contribution in [1.29, 1.82) is 0 Å². The summed E-state index contributed by atoms with van der Waals surface area (Å²) in [6.07, 6.45) is 1.58. The molecule has 566 valence electrons. The molecule has 0 bridgehead atoms. The van der Waals surface area contributed by atoms with Gasteiger partial charge in [-0.3, -0.25) is 62.5 Å². The number of hydroxylamine groups is 2. The van der Waals surface area contributed by atoms with Gasteiger partial charge in [0.15, 0.2) is 6.04 Å². The van der Waals surface area contributed by atoms with Crippen LogP contribution in [-0.4, -0.2) is 265 Å². The number of nitrogens with one attached hydrogen (secondary N) is 4. The molecular formula is C73H123FN12O14. The molecule has 0 unspecified atom stereocenters. The van der Waals surface area contributed by atoms with E-state index >= 15 is 28.8 Å². The zero-order chi connectivity index (χ0) is 75.5. The van der Waals surface area contributed by atoms with Crippen LogP contribution >= 0.6 is 0 Å². The number of unbranched alkanes of at least 4 members (excludes halogenated alkanes) is 1. The molecule has 3 aliphatic heterocycles. The Morgan fingerprint density at radius 3 is 1.58 bits per heavy atom. The molecule has 0 aliphatic carbocycles. The lowest BCUT2D eigenvalue weighted by molar-refractivity contribution is -0.322. The van der Waals surface area contributed by atoms with Crippen LogP contribution in [0.2, 0.25) is 0 Å². The predicted octanol–water partition coefficient (Wildman–Crippen LogP) is 4.65. The van der Waals surface area contributed by atoms with Crippen molar-refractivity contribution in [3.05, 3.63) is 35.6 Å². The van der Waals surface area contributed by atoms with Gasteiger partial charge in [0.1, 0.15) is 72.3 Å². The van der Waals surface area contributed by atoms with Crippen LogP contribution in [0, 0.1) is 41.3 Å². The van der Waals surface area contributed by atoms with Crippen molar-refractivity contribution in [2.45, 2.75) is 247 Å². The Kier molecular flexibility index (Phi) is 33.8. The van der Waals surface area contributed by atoms with Crippen LogP contribution in [0.5, 0.6) is 0 Å². The molecule has 11 amide bonds. The second kappa shape index (κ2) is 39.5. The summed E-state index contributed by atoms with van der Waals surface area (Å²) in [5, 5.41) is 12.2. The number of aryl methyl sites for hydroxylation is 1. The van der Waals surface area contributed by atoms with Crippen molar-refractivity contribution < 1.29 is 71.4 Å². The summed E-state index contributed by atoms with van der Waals surface area (Å²) in [5.41, 5.74) is 0.892. The number of ether oxygens (including phenoxy) is 2. The first kappa shape index (κ1) is 85.6. The number of benzene rings is 1. The first-order chi connectivity index (χ1) is 46.8. The Morgan fingerprint density at radius 1 is 0.520 bits per heavy atom. The van der Waals surface area contributed by atoms with Gasteiger partial charge in [0, 0.05) is 62.0 Å². The summed E-state index contributed by atoms with van der Waals surface area (Å²) in [5.74, 6) is -9.99. The lowest BCUT2D eigenvalue weighted by Crippen LogP contribution is -2.72. The minimum Gasteiger partial charge on any atom is -0.379 e. The van der Waals surface area contributed by atoms with E-state index in [-0.39, 0.29) is 61.8 Å². The molecule has 1 aromatic carbocycles. The lowest BCUT2D eigenvalue weighted by Gasteiger charge is -2.50. The van der Waals surface area contributed by atoms with Gasteiger partial charge in [0.25, 0.3) is 5.91 Å². The second-order valence-corrected chi connectivity index (χ2v) is 30.0. The topological polar surface area (TPSA) is 290 Å². The fourth-order valence-corrected chi connectivity index (χ4v) is 13.4. The van der Waals surface area contributed by atoms with Gasteiger partial charge < -0.3 is 60.1 Å². The minimum atomic E-state index is -1.40. The van der Waals surface area contributed by atoms with Crippen LogP contribution < -0.4 is 21.3 Å². The maximum Gasteiger partial charge on any atom is 0.270 e. The smallest absolute Gasteiger partial charge is 0.270 e. The average molecular weight is 1410 g/mol. The Labute approximate surface area is 594 Å². The standard InChI is InChI=1S/C73H123FN12O14/c1-23-54-69(93)79(17)50(15)68(92)84(22)60(51(16)99-36-25-24-33-85-34-37-98-38-35-85)65(89)78-58(45(8)9)72(96)80(18)55(39-42(2)3)64(88)75-48(13)63(87)76-49(14)67(91)81(19)56(40-43(4)5)70(94)82(20)57(41-44(6)7)71(95)83(21)59(46(10)11)73(97)86-61(66(90)77-54)62(100-86)47(12)27-26-28-52-29-31-53(74)32-30-52/h29-32,42-51,54-62H,23-28,33-41H2,1-22H3,(H,75,88)(H,76,87)(H,77,90)(H,78,89)/t47-,48+,49-,50-,51-,54+,55+,56+,57+,58+,59+,60+,61+,62-/m1/s1. The van der Waals surface area contributed by atoms with Crippen molar-refractivity contribution >= 4 is 65.0 Å². The summed E-state index contributed by atoms with van der Waals surface area (Å²) >= 11 is 0. The van der Waals surface area contributed by atoms with E-state index < -0.39 is 155 Å². The number of morpholine rings is 1. The van der Waals surface area contributed by atoms with Crippen molar-refractivity contribution in [1.82, 2.24) is 60.6 Å². The highest BCUT2D eigenvalue weighted by Crippen LogP contribution is 2.34. The predicted molar refractivity (Wildman–Crippen MR) is 378 cm³/mol. The van der Waals surface area contributed by atoms with E-state index in [1.165, 1.54) is 105 Å². The molecule has 0 aromatic heterocycles. The molecule has 27 heteroatoms. The van der Waals surface area contributed by atoms with Gasteiger partial charge in [0.2, 0.25) is 59.1 Å². The Balaban J connectivity index is 1.88. The fourth-order valence-electron chi connectivity index (χ4n) is 13.4. The second-order valence-electron chi connectivity index (χ2n) is 30.0. The monoisotopic (exact) mass is 1410 g/mol. The van der Waals surface area contributed by atoms with E-state index in [0.29, 0.717) is 38.9 Å². The normalized spacial score (nSPS) is 27.5. The molecular weight excluding hydrogens is 1290 g/mol. The summed E-state index contributed by atoms with van der Waals surface area (Å²) in [4.78, 5) is 180. The molecule has 3 heterocycles. The van der Waals surface area contributed by atoms with E-state index in [9.17, 15) is 28.4 Å². The molecule has 0 radical (unpaired) electrons. The van der Waals surface area contributed by atoms with E-state index in [1.807, 2.05) is 48.5 Å². The molecule has 3 saturated heterocycles. The zero-order valence-corrected chi connectivity index (χ0v) is 64.1. The molecule has 3 fully saturated rings. The van der Waals surface area contributed by atoms with Crippen LogP contribution in [0.4, 0.5) is 4.39 Å². The highest BCUT2D eigenvalue weighted by Gasteiger charge is 2.55. The number of fused-ring (bicyclic) bond motifs is 1. The third-order valence-corrected chi connectivity index (χ3v) is 19.8. The Morgan fingerprint density at radius 2 is 1.04 bits per heavy atom. The third-order valence-electron chi connectivity index (χ3n) is 19.8. The van der Waals surface area contributed by atoms with Gasteiger partial charge in [-0.05, 0) is 145 Å². The molecule has 4 N–H and O–H groups in total. The molecule has 0 spiro atoms. The van der Waals surface area contributed by atoms with Crippen LogP contribution in [0.3, 0.4) is 0 Å². The van der Waals surface area contributed by atoms with Gasteiger partial charge in [0.05, 0.1) is 19.3 Å². The maximum atomic E-state index is 15.4. The molecule has 26 nitrogen and oxygen atoms in total. The van der Waals surface area contributed by atoms with Crippen LogP contribution in [0.15, 0.2) is 24.3 Å². The van der Waals surface area contributed by atoms with Crippen molar-refractivity contribution in [3.8, 4) is 0 Å². The molecule has 0 saturated carbocycles. The maximum absolute atomic E-state index is 15.4. The Hall–Kier alpha value is -6.84. The summed E-state index contributed by atoms with van der Waals surface area (Å²) in [7, 11) is 8.61. The SMILES string of the molecule is CC[C@@H]1NC(=O)[C@@H]2[C@@H]([C@H](C)CCCc3ccc(F)cc3)ON2C(=O)[C@H](C(C)C)N(C)C(=O)[C@H](CC(C)C)N(C)C(=O)[C@H](CC(C)C)N(C)C(=O)[C@@H](C)NC(=O)[C@H](C)NC(=O)[C@H](CC(C)C)N(C)C(=O)[C@H](C(C)C)NC(=O)[C@H]([C@@H](C)OCCCCN2CCOCC2)N(C)C(=O)[C@@H](C)N(C)C1=O. The van der Waals surface area contributed by atoms with Crippen molar-refractivity contribution in [2.75, 3.05) is 81.7 Å². The van der Waals surface area contributed by atoms with E-state index in [0.717, 1.165) is 36.7 Å². The van der Waals surface area contributed by atoms with E-state index in [2.05, 4.69) is 26.2 Å². The summed E-state index contributed by atoms with van der Waals surface area (Å²) in [6, 6.07) is -7.69. The molecule has 1 aromatic rings. The number of halogens is 1. The molecule has 100 heavy (non-hydrogen) atoms. The molecule has 14 atom stereocenters. The van der Waals surface area contributed by atoms with Crippen LogP contribution in [-0.2, 0) is 73.5 Å². The number of amides is 11. The van der Waals surface area contributed by atoms with Crippen LogP contribution in [0.1, 0.15) is 168 Å². The van der Waals surface area contributed by atoms with Gasteiger partial charge >= 0.3 is 0 Å². The first-order valence-electron chi connectivity index (χ1n) is 36.3. The Bertz CT molecular complexity index is 2910. The van der Waals surface area contributed by atoms with Crippen molar-refractivity contribution in [3.63, 3.8) is 0 Å². The van der Waals surface area contributed by atoms with E-state index in [4.69, 9.17) is 14.3 Å². The van der Waals surface area contributed by atoms with Gasteiger partial charge in [-0.2, -0.15) is 0 Å². The zero-order valence-electron chi connectivity index (χ0n) is 64.1. The molecule has 3 aliphatic rings. The third kappa shape index (κ3) is 23.1. The highest BCUT2D eigenvalue weighted by molar-refractivity contribution is 6.00. The van der Waals surface area contributed by atoms with Gasteiger partial charge in [-0.25, -0.2) is 9.45 Å². The number of nitrogens with zero attached hydrogens (tertiary/aromatic N) is 8. The minimum absolute atomic E-state index is 0.0235. The number of hydrogen-bond acceptors (Lipinski definition) is 15. The molecule has 4 rings (SSSR count). The lowest BCUT2D eigenvalue weighted by atomic mass is 9.88. The van der Waals surface area contributed by atoms with Crippen molar-refractivity contribution in [2.24, 2.45) is 35.5 Å². The highest BCUT2D eigenvalue weighted by atomic mass is 19.1. The van der Waals surface area contributed by atoms with E-state index in [1.54, 1.807) is 53.7 Å². The number of hydrogen-bond donors (Lipinski definition) is 4.